The number of nitrogens with one attached hydrogen (secondary N) is 1. The van der Waals surface area contributed by atoms with Crippen LogP contribution in [0, 0.1) is 13.8 Å². The Bertz CT molecular complexity index is 1440. The van der Waals surface area contributed by atoms with Crippen molar-refractivity contribution in [2.75, 3.05) is 13.2 Å². The van der Waals surface area contributed by atoms with E-state index in [0.29, 0.717) is 29.8 Å². The molecule has 0 radical (unpaired) electrons. The Balaban J connectivity index is 1.47. The van der Waals surface area contributed by atoms with Gasteiger partial charge in [-0.1, -0.05) is 30.3 Å². The van der Waals surface area contributed by atoms with Gasteiger partial charge in [0.2, 0.25) is 15.8 Å². The highest BCUT2D eigenvalue weighted by Gasteiger charge is 2.29. The second-order valence-corrected chi connectivity index (χ2v) is 10.5. The topological polar surface area (TPSA) is 114 Å². The fraction of sp³-hybridized carbons (Fsp3) is 0.269. The van der Waals surface area contributed by atoms with Gasteiger partial charge in [0.15, 0.2) is 12.4 Å². The monoisotopic (exact) mass is 494 g/mol. The minimum atomic E-state index is -3.83. The van der Waals surface area contributed by atoms with Crippen molar-refractivity contribution in [2.45, 2.75) is 38.6 Å². The summed E-state index contributed by atoms with van der Waals surface area (Å²) in [6, 6.07) is 13.3. The molecule has 0 unspecified atom stereocenters. The average molecular weight is 495 g/mol. The maximum Gasteiger partial charge on any atom is 0.338 e. The lowest BCUT2D eigenvalue weighted by Gasteiger charge is -2.28. The Morgan fingerprint density at radius 1 is 1.03 bits per heavy atom. The molecule has 0 saturated heterocycles. The summed E-state index contributed by atoms with van der Waals surface area (Å²) in [5.74, 6) is -1.46. The van der Waals surface area contributed by atoms with Crippen LogP contribution in [-0.2, 0) is 27.7 Å². The summed E-state index contributed by atoms with van der Waals surface area (Å²) in [5.41, 5.74) is 3.85. The van der Waals surface area contributed by atoms with Gasteiger partial charge in [-0.25, -0.2) is 13.2 Å². The van der Waals surface area contributed by atoms with Crippen LogP contribution in [0.25, 0.3) is 0 Å². The number of rotatable bonds is 7. The molecule has 1 aliphatic heterocycles. The quantitative estimate of drug-likeness (QED) is 0.396. The first-order chi connectivity index (χ1) is 16.6. The van der Waals surface area contributed by atoms with E-state index in [2.05, 4.69) is 4.98 Å². The number of ketones is 2. The van der Waals surface area contributed by atoms with Crippen LogP contribution in [0.1, 0.15) is 60.5 Å². The molecular weight excluding hydrogens is 468 g/mol. The van der Waals surface area contributed by atoms with E-state index in [9.17, 15) is 22.8 Å². The number of benzene rings is 2. The summed E-state index contributed by atoms with van der Waals surface area (Å²) in [7, 11) is -3.83. The number of aromatic nitrogens is 1. The van der Waals surface area contributed by atoms with E-state index in [1.54, 1.807) is 13.8 Å². The number of esters is 1. The number of aryl methyl sites for hydroxylation is 1. The zero-order chi connectivity index (χ0) is 25.3. The highest BCUT2D eigenvalue weighted by atomic mass is 32.2. The molecule has 0 spiro atoms. The third-order valence-electron chi connectivity index (χ3n) is 6.21. The third-order valence-corrected chi connectivity index (χ3v) is 8.05. The fourth-order valence-corrected chi connectivity index (χ4v) is 5.92. The Kier molecular flexibility index (Phi) is 6.73. The summed E-state index contributed by atoms with van der Waals surface area (Å²) in [4.78, 5) is 39.9. The van der Waals surface area contributed by atoms with Gasteiger partial charge in [0.1, 0.15) is 0 Å². The number of hydrogen-bond donors (Lipinski definition) is 1. The first-order valence-corrected chi connectivity index (χ1v) is 12.6. The molecule has 182 valence electrons. The molecule has 1 aliphatic rings. The van der Waals surface area contributed by atoms with Gasteiger partial charge in [0.05, 0.1) is 16.2 Å². The minimum absolute atomic E-state index is 0.0143. The molecule has 1 aromatic heterocycles. The lowest BCUT2D eigenvalue weighted by molar-refractivity contribution is 0.0473. The molecule has 3 aromatic rings. The summed E-state index contributed by atoms with van der Waals surface area (Å²) in [6.45, 7) is 4.83. The molecule has 2 heterocycles. The number of carbonyl (C=O) groups is 3. The SMILES string of the molecule is CC(=O)c1c(C)[nH]c(C(=O)COC(=O)c2cccc(S(=O)(=O)N3CCc4ccccc4C3)c2)c1C. The number of sulfonamides is 1. The summed E-state index contributed by atoms with van der Waals surface area (Å²) < 4.78 is 33.0. The first kappa shape index (κ1) is 24.6. The van der Waals surface area contributed by atoms with Gasteiger partial charge in [-0.3, -0.25) is 9.59 Å². The van der Waals surface area contributed by atoms with E-state index in [4.69, 9.17) is 4.74 Å². The van der Waals surface area contributed by atoms with Crippen LogP contribution in [0.5, 0.6) is 0 Å². The summed E-state index contributed by atoms with van der Waals surface area (Å²) in [5, 5.41) is 0. The van der Waals surface area contributed by atoms with Crippen molar-refractivity contribution in [3.8, 4) is 0 Å². The molecule has 0 amide bonds. The van der Waals surface area contributed by atoms with Gasteiger partial charge in [-0.15, -0.1) is 0 Å². The highest BCUT2D eigenvalue weighted by Crippen LogP contribution is 2.25. The van der Waals surface area contributed by atoms with Crippen LogP contribution in [0.15, 0.2) is 53.4 Å². The van der Waals surface area contributed by atoms with E-state index in [1.165, 1.54) is 35.5 Å². The number of hydrogen-bond acceptors (Lipinski definition) is 6. The molecule has 9 heteroatoms. The number of carbonyl (C=O) groups excluding carboxylic acids is 3. The largest absolute Gasteiger partial charge is 0.454 e. The maximum absolute atomic E-state index is 13.2. The van der Waals surface area contributed by atoms with E-state index >= 15 is 0 Å². The van der Waals surface area contributed by atoms with Gasteiger partial charge < -0.3 is 9.72 Å². The summed E-state index contributed by atoms with van der Waals surface area (Å²) in [6.07, 6.45) is 0.613. The molecule has 8 nitrogen and oxygen atoms in total. The van der Waals surface area contributed by atoms with Crippen LogP contribution in [0.2, 0.25) is 0 Å². The van der Waals surface area contributed by atoms with Crippen LogP contribution in [0.3, 0.4) is 0 Å². The zero-order valence-corrected chi connectivity index (χ0v) is 20.6. The van der Waals surface area contributed by atoms with Gasteiger partial charge in [0.25, 0.3) is 0 Å². The van der Waals surface area contributed by atoms with Gasteiger partial charge in [-0.2, -0.15) is 4.31 Å². The molecule has 0 atom stereocenters. The second-order valence-electron chi connectivity index (χ2n) is 8.57. The van der Waals surface area contributed by atoms with Crippen molar-refractivity contribution in [3.05, 3.63) is 87.7 Å². The molecule has 2 aromatic carbocycles. The standard InChI is InChI=1S/C26H26N2O6S/c1-16-24(18(3)29)17(2)27-25(16)23(30)15-34-26(31)20-9-6-10-22(13-20)35(32,33)28-12-11-19-7-4-5-8-21(19)14-28/h4-10,13,27H,11-12,14-15H2,1-3H3. The molecule has 0 fully saturated rings. The van der Waals surface area contributed by atoms with E-state index in [1.807, 2.05) is 24.3 Å². The van der Waals surface area contributed by atoms with Crippen molar-refractivity contribution in [1.82, 2.24) is 9.29 Å². The lowest BCUT2D eigenvalue weighted by Crippen LogP contribution is -2.36. The molecule has 4 rings (SSSR count). The van der Waals surface area contributed by atoms with Gasteiger partial charge >= 0.3 is 5.97 Å². The highest BCUT2D eigenvalue weighted by molar-refractivity contribution is 7.89. The number of nitrogens with zero attached hydrogens (tertiary/aromatic N) is 1. The predicted octanol–water partition coefficient (Wildman–Crippen LogP) is 3.62. The molecular formula is C26H26N2O6S. The van der Waals surface area contributed by atoms with Crippen LogP contribution < -0.4 is 0 Å². The molecule has 0 bridgehead atoms. The van der Waals surface area contributed by atoms with E-state index in [0.717, 1.165) is 11.1 Å². The Morgan fingerprint density at radius 3 is 2.43 bits per heavy atom. The molecule has 35 heavy (non-hydrogen) atoms. The third kappa shape index (κ3) is 4.82. The second kappa shape index (κ2) is 9.59. The van der Waals surface area contributed by atoms with Crippen LogP contribution in [0.4, 0.5) is 0 Å². The number of H-pyrrole nitrogens is 1. The van der Waals surface area contributed by atoms with Crippen molar-refractivity contribution < 1.29 is 27.5 Å². The molecule has 0 saturated carbocycles. The Labute approximate surface area is 204 Å². The number of aromatic amines is 1. The molecule has 1 N–H and O–H groups in total. The van der Waals surface area contributed by atoms with E-state index < -0.39 is 28.4 Å². The van der Waals surface area contributed by atoms with E-state index in [-0.39, 0.29) is 28.5 Å². The molecule has 0 aliphatic carbocycles. The van der Waals surface area contributed by atoms with Gasteiger partial charge in [0, 0.05) is 24.3 Å². The van der Waals surface area contributed by atoms with Crippen molar-refractivity contribution in [1.29, 1.82) is 0 Å². The average Bonchev–Trinajstić information content (AvgIpc) is 3.15. The number of ether oxygens (including phenoxy) is 1. The maximum atomic E-state index is 13.2. The fourth-order valence-electron chi connectivity index (χ4n) is 4.45. The van der Waals surface area contributed by atoms with Gasteiger partial charge in [-0.05, 0) is 62.1 Å². The normalized spacial score (nSPS) is 13.8. The Morgan fingerprint density at radius 2 is 1.74 bits per heavy atom. The van der Waals surface area contributed by atoms with Crippen LogP contribution in [-0.4, -0.2) is 48.4 Å². The van der Waals surface area contributed by atoms with Crippen molar-refractivity contribution in [2.24, 2.45) is 0 Å². The number of Topliss-reactive ketones (excluding diaryl/α,β-unsaturated/α-hetero) is 2. The van der Waals surface area contributed by atoms with Crippen molar-refractivity contribution in [3.63, 3.8) is 0 Å². The van der Waals surface area contributed by atoms with Crippen LogP contribution >= 0.6 is 0 Å². The Hall–Kier alpha value is -3.56. The first-order valence-electron chi connectivity index (χ1n) is 11.2. The van der Waals surface area contributed by atoms with Crippen molar-refractivity contribution >= 4 is 27.6 Å². The zero-order valence-electron chi connectivity index (χ0n) is 19.8. The lowest BCUT2D eigenvalue weighted by atomic mass is 10.0. The summed E-state index contributed by atoms with van der Waals surface area (Å²) >= 11 is 0. The number of fused-ring (bicyclic) bond motifs is 1. The predicted molar refractivity (Wildman–Crippen MR) is 129 cm³/mol. The smallest absolute Gasteiger partial charge is 0.338 e. The minimum Gasteiger partial charge on any atom is -0.454 e.